The topological polar surface area (TPSA) is 98.5 Å². The van der Waals surface area contributed by atoms with Gasteiger partial charge in [0.25, 0.3) is 0 Å². The number of aryl methyl sites for hydroxylation is 1. The van der Waals surface area contributed by atoms with Crippen LogP contribution in [0, 0.1) is 18.8 Å². The van der Waals surface area contributed by atoms with Crippen molar-refractivity contribution in [3.8, 4) is 11.8 Å². The molecule has 1 aromatic rings. The minimum absolute atomic E-state index is 0.0111. The summed E-state index contributed by atoms with van der Waals surface area (Å²) in [6, 6.07) is 4.63. The molecule has 0 heterocycles. The highest BCUT2D eigenvalue weighted by molar-refractivity contribution is 7.89. The molecule has 21 heavy (non-hydrogen) atoms. The average molecular weight is 310 g/mol. The second kappa shape index (κ2) is 7.78. The Balaban J connectivity index is 2.84. The van der Waals surface area contributed by atoms with Gasteiger partial charge in [0.1, 0.15) is 0 Å². The van der Waals surface area contributed by atoms with Crippen molar-refractivity contribution in [3.63, 3.8) is 0 Å². The largest absolute Gasteiger partial charge is 0.469 e. The van der Waals surface area contributed by atoms with Crippen LogP contribution in [0.1, 0.15) is 17.5 Å². The maximum Gasteiger partial charge on any atom is 0.306 e. The van der Waals surface area contributed by atoms with Gasteiger partial charge in [-0.1, -0.05) is 11.8 Å². The first-order chi connectivity index (χ1) is 9.90. The Morgan fingerprint density at radius 2 is 2.14 bits per heavy atom. The minimum Gasteiger partial charge on any atom is -0.469 e. The Kier molecular flexibility index (Phi) is 6.37. The number of sulfonamides is 1. The Hall–Kier alpha value is -1.88. The number of hydrogen-bond donors (Lipinski definition) is 2. The molecule has 6 nitrogen and oxygen atoms in total. The SMILES string of the molecule is COC(=O)CCNS(=O)(=O)c1ccc(C#CCN)c(C)c1. The Morgan fingerprint density at radius 1 is 1.43 bits per heavy atom. The number of benzene rings is 1. The summed E-state index contributed by atoms with van der Waals surface area (Å²) in [4.78, 5) is 11.1. The molecule has 114 valence electrons. The van der Waals surface area contributed by atoms with E-state index in [0.717, 1.165) is 11.1 Å². The van der Waals surface area contributed by atoms with Crippen LogP contribution in [0.15, 0.2) is 23.1 Å². The highest BCUT2D eigenvalue weighted by Crippen LogP contribution is 2.14. The van der Waals surface area contributed by atoms with Crippen LogP contribution in [-0.2, 0) is 19.6 Å². The molecule has 7 heteroatoms. The maximum absolute atomic E-state index is 12.1. The molecule has 0 atom stereocenters. The van der Waals surface area contributed by atoms with Gasteiger partial charge in [-0.2, -0.15) is 0 Å². The van der Waals surface area contributed by atoms with Gasteiger partial charge >= 0.3 is 5.97 Å². The van der Waals surface area contributed by atoms with Crippen LogP contribution in [0.25, 0.3) is 0 Å². The first kappa shape index (κ1) is 17.2. The van der Waals surface area contributed by atoms with Crippen molar-refractivity contribution in [2.45, 2.75) is 18.2 Å². The first-order valence-electron chi connectivity index (χ1n) is 6.27. The fraction of sp³-hybridized carbons (Fsp3) is 0.357. The number of esters is 1. The summed E-state index contributed by atoms with van der Waals surface area (Å²) in [6.45, 7) is 2.01. The predicted octanol–water partition coefficient (Wildman–Crippen LogP) is 0.147. The summed E-state index contributed by atoms with van der Waals surface area (Å²) in [5.41, 5.74) is 6.77. The van der Waals surface area contributed by atoms with Gasteiger partial charge in [-0.15, -0.1) is 0 Å². The van der Waals surface area contributed by atoms with Crippen molar-refractivity contribution in [2.75, 3.05) is 20.2 Å². The molecule has 3 N–H and O–H groups in total. The van der Waals surface area contributed by atoms with Gasteiger partial charge in [0, 0.05) is 12.1 Å². The fourth-order valence-electron chi connectivity index (χ4n) is 1.56. The quantitative estimate of drug-likeness (QED) is 0.596. The molecule has 0 aliphatic heterocycles. The lowest BCUT2D eigenvalue weighted by molar-refractivity contribution is -0.140. The normalized spacial score (nSPS) is 10.6. The van der Waals surface area contributed by atoms with Gasteiger partial charge in [0.2, 0.25) is 10.0 Å². The second-order valence-electron chi connectivity index (χ2n) is 4.21. The van der Waals surface area contributed by atoms with Gasteiger partial charge in [0.15, 0.2) is 0 Å². The van der Waals surface area contributed by atoms with E-state index in [0.29, 0.717) is 0 Å². The van der Waals surface area contributed by atoms with Crippen LogP contribution >= 0.6 is 0 Å². The third kappa shape index (κ3) is 5.19. The van der Waals surface area contributed by atoms with E-state index in [-0.39, 0.29) is 24.4 Å². The summed E-state index contributed by atoms with van der Waals surface area (Å²) in [5.74, 6) is 5.11. The third-order valence-corrected chi connectivity index (χ3v) is 4.14. The van der Waals surface area contributed by atoms with E-state index in [9.17, 15) is 13.2 Å². The van der Waals surface area contributed by atoms with Gasteiger partial charge in [-0.25, -0.2) is 13.1 Å². The zero-order valence-electron chi connectivity index (χ0n) is 12.0. The van der Waals surface area contributed by atoms with E-state index in [4.69, 9.17) is 5.73 Å². The maximum atomic E-state index is 12.1. The zero-order chi connectivity index (χ0) is 15.9. The Bertz CT molecular complexity index is 672. The number of rotatable bonds is 5. The molecule has 0 fully saturated rings. The first-order valence-corrected chi connectivity index (χ1v) is 7.75. The molecule has 0 aliphatic carbocycles. The molecule has 1 rings (SSSR count). The number of ether oxygens (including phenoxy) is 1. The summed E-state index contributed by atoms with van der Waals surface area (Å²) in [7, 11) is -2.40. The number of carbonyl (C=O) groups is 1. The average Bonchev–Trinajstić information content (AvgIpc) is 2.45. The summed E-state index contributed by atoms with van der Waals surface area (Å²) in [5, 5.41) is 0. The third-order valence-electron chi connectivity index (χ3n) is 2.68. The van der Waals surface area contributed by atoms with Crippen molar-refractivity contribution in [1.29, 1.82) is 0 Å². The molecule has 0 saturated heterocycles. The smallest absolute Gasteiger partial charge is 0.306 e. The molecule has 0 radical (unpaired) electrons. The number of hydrogen-bond acceptors (Lipinski definition) is 5. The number of methoxy groups -OCH3 is 1. The fourth-order valence-corrected chi connectivity index (χ4v) is 2.68. The lowest BCUT2D eigenvalue weighted by atomic mass is 10.1. The summed E-state index contributed by atoms with van der Waals surface area (Å²) in [6.07, 6.45) is -0.0191. The van der Waals surface area contributed by atoms with Crippen molar-refractivity contribution in [3.05, 3.63) is 29.3 Å². The van der Waals surface area contributed by atoms with Gasteiger partial charge in [-0.3, -0.25) is 4.79 Å². The van der Waals surface area contributed by atoms with Crippen LogP contribution in [0.4, 0.5) is 0 Å². The van der Waals surface area contributed by atoms with E-state index in [1.807, 2.05) is 0 Å². The van der Waals surface area contributed by atoms with Crippen molar-refractivity contribution >= 4 is 16.0 Å². The van der Waals surface area contributed by atoms with E-state index in [1.165, 1.54) is 19.2 Å². The van der Waals surface area contributed by atoms with Crippen molar-refractivity contribution in [2.24, 2.45) is 5.73 Å². The highest BCUT2D eigenvalue weighted by Gasteiger charge is 2.15. The van der Waals surface area contributed by atoms with Crippen LogP contribution in [0.5, 0.6) is 0 Å². The van der Waals surface area contributed by atoms with Gasteiger partial charge in [0.05, 0.1) is 25.0 Å². The van der Waals surface area contributed by atoms with Crippen LogP contribution < -0.4 is 10.5 Å². The molecule has 0 saturated carbocycles. The predicted molar refractivity (Wildman–Crippen MR) is 78.9 cm³/mol. The van der Waals surface area contributed by atoms with E-state index >= 15 is 0 Å². The molecular formula is C14H18N2O4S. The highest BCUT2D eigenvalue weighted by atomic mass is 32.2. The van der Waals surface area contributed by atoms with E-state index in [2.05, 4.69) is 21.3 Å². The minimum atomic E-state index is -3.65. The number of nitrogens with one attached hydrogen (secondary N) is 1. The van der Waals surface area contributed by atoms with E-state index < -0.39 is 16.0 Å². The van der Waals surface area contributed by atoms with E-state index in [1.54, 1.807) is 13.0 Å². The van der Waals surface area contributed by atoms with Gasteiger partial charge in [-0.05, 0) is 30.7 Å². The summed E-state index contributed by atoms with van der Waals surface area (Å²) >= 11 is 0. The molecule has 0 aliphatic rings. The molecule has 0 bridgehead atoms. The molecule has 0 unspecified atom stereocenters. The van der Waals surface area contributed by atoms with Crippen LogP contribution in [0.2, 0.25) is 0 Å². The zero-order valence-corrected chi connectivity index (χ0v) is 12.8. The molecule has 0 amide bonds. The van der Waals surface area contributed by atoms with Gasteiger partial charge < -0.3 is 10.5 Å². The van der Waals surface area contributed by atoms with Crippen LogP contribution in [-0.4, -0.2) is 34.6 Å². The molecular weight excluding hydrogens is 292 g/mol. The van der Waals surface area contributed by atoms with Crippen LogP contribution in [0.3, 0.4) is 0 Å². The lowest BCUT2D eigenvalue weighted by Crippen LogP contribution is -2.26. The standard InChI is InChI=1S/C14H18N2O4S/c1-11-10-13(6-5-12(11)4-3-8-15)21(18,19)16-9-7-14(17)20-2/h5-6,10,16H,7-9,15H2,1-2H3. The monoisotopic (exact) mass is 310 g/mol. The number of carbonyl (C=O) groups excluding carboxylic acids is 1. The number of nitrogens with two attached hydrogens (primary N) is 1. The lowest BCUT2D eigenvalue weighted by Gasteiger charge is -2.08. The Labute approximate surface area is 124 Å². The second-order valence-corrected chi connectivity index (χ2v) is 5.97. The molecule has 0 aromatic heterocycles. The molecule has 0 spiro atoms. The Morgan fingerprint density at radius 3 is 2.71 bits per heavy atom. The van der Waals surface area contributed by atoms with Crippen molar-refractivity contribution in [1.82, 2.24) is 4.72 Å². The molecule has 1 aromatic carbocycles. The summed E-state index contributed by atoms with van der Waals surface area (Å²) < 4.78 is 30.9. The van der Waals surface area contributed by atoms with Crippen molar-refractivity contribution < 1.29 is 17.9 Å².